The zero-order valence-electron chi connectivity index (χ0n) is 19.3. The zero-order valence-corrected chi connectivity index (χ0v) is 20.1. The van der Waals surface area contributed by atoms with Crippen molar-refractivity contribution in [3.63, 3.8) is 0 Å². The van der Waals surface area contributed by atoms with Crippen molar-refractivity contribution >= 4 is 33.3 Å². The lowest BCUT2D eigenvalue weighted by Gasteiger charge is -2.13. The maximum Gasteiger partial charge on any atom is 0.315 e. The van der Waals surface area contributed by atoms with E-state index in [9.17, 15) is 18.0 Å². The Bertz CT molecular complexity index is 1260. The Kier molecular flexibility index (Phi) is 7.91. The Labute approximate surface area is 199 Å². The first-order valence-corrected chi connectivity index (χ1v) is 12.3. The number of hydrogen-bond donors (Lipinski definition) is 4. The van der Waals surface area contributed by atoms with Gasteiger partial charge in [-0.05, 0) is 68.3 Å². The molecular formula is C25H28N4O4S. The van der Waals surface area contributed by atoms with Crippen LogP contribution in [0.4, 0.5) is 16.2 Å². The summed E-state index contributed by atoms with van der Waals surface area (Å²) < 4.78 is 27.9. The molecule has 3 aromatic carbocycles. The fraction of sp³-hybridized carbons (Fsp3) is 0.200. The van der Waals surface area contributed by atoms with Crippen LogP contribution in [0.15, 0.2) is 77.7 Å². The Morgan fingerprint density at radius 2 is 1.59 bits per heavy atom. The van der Waals surface area contributed by atoms with Gasteiger partial charge < -0.3 is 16.0 Å². The van der Waals surface area contributed by atoms with Crippen LogP contribution in [0, 0.1) is 6.92 Å². The summed E-state index contributed by atoms with van der Waals surface area (Å²) in [4.78, 5) is 24.5. The summed E-state index contributed by atoms with van der Waals surface area (Å²) in [6.07, 6.45) is 0. The molecule has 9 heteroatoms. The van der Waals surface area contributed by atoms with Crippen molar-refractivity contribution in [1.82, 2.24) is 10.6 Å². The predicted molar refractivity (Wildman–Crippen MR) is 133 cm³/mol. The summed E-state index contributed by atoms with van der Waals surface area (Å²) in [6, 6.07) is 19.7. The van der Waals surface area contributed by atoms with Crippen molar-refractivity contribution in [2.45, 2.75) is 38.3 Å². The number of anilines is 2. The number of carbonyl (C=O) groups is 2. The van der Waals surface area contributed by atoms with Crippen LogP contribution in [0.5, 0.6) is 0 Å². The molecule has 3 rings (SSSR count). The standard InChI is InChI=1S/C25H28N4O4S/c1-17(2)27-25(31)26-16-19-10-12-20(13-11-19)24(30)28-21-14-9-18(3)23(15-21)29-34(32,33)22-7-5-4-6-8-22/h4-15,17,29H,16H2,1-3H3,(H,28,30)(H2,26,27,31). The molecular weight excluding hydrogens is 452 g/mol. The molecule has 0 saturated carbocycles. The molecule has 0 fully saturated rings. The van der Waals surface area contributed by atoms with E-state index >= 15 is 0 Å². The van der Waals surface area contributed by atoms with E-state index < -0.39 is 10.0 Å². The summed E-state index contributed by atoms with van der Waals surface area (Å²) in [5.74, 6) is -0.335. The van der Waals surface area contributed by atoms with E-state index in [0.717, 1.165) is 11.1 Å². The molecule has 0 atom stereocenters. The third-order valence-corrected chi connectivity index (χ3v) is 6.26. The number of carbonyl (C=O) groups excluding carboxylic acids is 2. The maximum absolute atomic E-state index is 12.7. The lowest BCUT2D eigenvalue weighted by Crippen LogP contribution is -2.39. The summed E-state index contributed by atoms with van der Waals surface area (Å²) in [5, 5.41) is 8.29. The van der Waals surface area contributed by atoms with Gasteiger partial charge in [0.05, 0.1) is 10.6 Å². The minimum Gasteiger partial charge on any atom is -0.336 e. The number of aryl methyl sites for hydroxylation is 1. The summed E-state index contributed by atoms with van der Waals surface area (Å²) in [6.45, 7) is 5.87. The molecule has 0 aromatic heterocycles. The summed E-state index contributed by atoms with van der Waals surface area (Å²) >= 11 is 0. The van der Waals surface area contributed by atoms with Crippen molar-refractivity contribution in [1.29, 1.82) is 0 Å². The lowest BCUT2D eigenvalue weighted by atomic mass is 10.1. The number of amides is 3. The van der Waals surface area contributed by atoms with E-state index in [1.54, 1.807) is 67.6 Å². The Balaban J connectivity index is 1.65. The van der Waals surface area contributed by atoms with Crippen LogP contribution in [-0.4, -0.2) is 26.4 Å². The Hall–Kier alpha value is -3.85. The molecule has 0 aliphatic rings. The van der Waals surface area contributed by atoms with E-state index in [4.69, 9.17) is 0 Å². The number of benzene rings is 3. The molecule has 0 saturated heterocycles. The molecule has 178 valence electrons. The fourth-order valence-electron chi connectivity index (χ4n) is 3.09. The van der Waals surface area contributed by atoms with Crippen molar-refractivity contribution in [3.05, 3.63) is 89.5 Å². The summed E-state index contributed by atoms with van der Waals surface area (Å²) in [7, 11) is -3.75. The average Bonchev–Trinajstić information content (AvgIpc) is 2.80. The van der Waals surface area contributed by atoms with Gasteiger partial charge >= 0.3 is 6.03 Å². The van der Waals surface area contributed by atoms with Crippen LogP contribution in [0.2, 0.25) is 0 Å². The molecule has 0 radical (unpaired) electrons. The molecule has 0 aliphatic carbocycles. The number of rotatable bonds is 8. The third kappa shape index (κ3) is 6.82. The molecule has 0 heterocycles. The zero-order chi connectivity index (χ0) is 24.7. The van der Waals surface area contributed by atoms with Crippen LogP contribution in [-0.2, 0) is 16.6 Å². The number of nitrogens with one attached hydrogen (secondary N) is 4. The smallest absolute Gasteiger partial charge is 0.315 e. The van der Waals surface area contributed by atoms with Gasteiger partial charge in [0.25, 0.3) is 15.9 Å². The molecule has 0 aliphatic heterocycles. The first kappa shape index (κ1) is 24.8. The van der Waals surface area contributed by atoms with Gasteiger partial charge in [-0.15, -0.1) is 0 Å². The number of hydrogen-bond acceptors (Lipinski definition) is 4. The van der Waals surface area contributed by atoms with E-state index in [0.29, 0.717) is 23.5 Å². The SMILES string of the molecule is Cc1ccc(NC(=O)c2ccc(CNC(=O)NC(C)C)cc2)cc1NS(=O)(=O)c1ccccc1. The van der Waals surface area contributed by atoms with E-state index in [2.05, 4.69) is 20.7 Å². The van der Waals surface area contributed by atoms with Crippen molar-refractivity contribution in [3.8, 4) is 0 Å². The first-order valence-electron chi connectivity index (χ1n) is 10.8. The summed E-state index contributed by atoms with van der Waals surface area (Å²) in [5.41, 5.74) is 2.84. The van der Waals surface area contributed by atoms with Crippen molar-refractivity contribution in [2.75, 3.05) is 10.0 Å². The largest absolute Gasteiger partial charge is 0.336 e. The third-order valence-electron chi connectivity index (χ3n) is 4.88. The van der Waals surface area contributed by atoms with Crippen LogP contribution >= 0.6 is 0 Å². The predicted octanol–water partition coefficient (Wildman–Crippen LogP) is 4.26. The molecule has 34 heavy (non-hydrogen) atoms. The number of sulfonamides is 1. The van der Waals surface area contributed by atoms with E-state index in [-0.39, 0.29) is 22.9 Å². The maximum atomic E-state index is 12.7. The van der Waals surface area contributed by atoms with Gasteiger partial charge in [-0.2, -0.15) is 0 Å². The van der Waals surface area contributed by atoms with Gasteiger partial charge in [-0.1, -0.05) is 36.4 Å². The molecule has 3 amide bonds. The van der Waals surface area contributed by atoms with Gasteiger partial charge in [0.2, 0.25) is 0 Å². The Morgan fingerprint density at radius 3 is 2.24 bits per heavy atom. The van der Waals surface area contributed by atoms with Crippen LogP contribution in [0.1, 0.15) is 35.3 Å². The quantitative estimate of drug-likeness (QED) is 0.385. The molecule has 0 spiro atoms. The minimum atomic E-state index is -3.75. The topological polar surface area (TPSA) is 116 Å². The highest BCUT2D eigenvalue weighted by Crippen LogP contribution is 2.24. The minimum absolute atomic E-state index is 0.0435. The highest BCUT2D eigenvalue weighted by molar-refractivity contribution is 7.92. The van der Waals surface area contributed by atoms with Gasteiger partial charge in [0.15, 0.2) is 0 Å². The average molecular weight is 481 g/mol. The second kappa shape index (κ2) is 10.8. The van der Waals surface area contributed by atoms with E-state index in [1.807, 2.05) is 13.8 Å². The number of urea groups is 1. The van der Waals surface area contributed by atoms with Gasteiger partial charge in [-0.3, -0.25) is 9.52 Å². The first-order chi connectivity index (χ1) is 16.1. The molecule has 8 nitrogen and oxygen atoms in total. The monoisotopic (exact) mass is 480 g/mol. The second-order valence-corrected chi connectivity index (χ2v) is 9.76. The second-order valence-electron chi connectivity index (χ2n) is 8.08. The van der Waals surface area contributed by atoms with Gasteiger partial charge in [0.1, 0.15) is 0 Å². The highest BCUT2D eigenvalue weighted by Gasteiger charge is 2.16. The molecule has 0 unspecified atom stereocenters. The fourth-order valence-corrected chi connectivity index (χ4v) is 4.23. The molecule has 0 bridgehead atoms. The van der Waals surface area contributed by atoms with Crippen molar-refractivity contribution < 1.29 is 18.0 Å². The lowest BCUT2D eigenvalue weighted by molar-refractivity contribution is 0.102. The van der Waals surface area contributed by atoms with Gasteiger partial charge in [-0.25, -0.2) is 13.2 Å². The molecule has 4 N–H and O–H groups in total. The van der Waals surface area contributed by atoms with Crippen LogP contribution in [0.25, 0.3) is 0 Å². The van der Waals surface area contributed by atoms with Crippen molar-refractivity contribution in [2.24, 2.45) is 0 Å². The van der Waals surface area contributed by atoms with Crippen LogP contribution < -0.4 is 20.7 Å². The normalized spacial score (nSPS) is 11.1. The Morgan fingerprint density at radius 1 is 0.912 bits per heavy atom. The highest BCUT2D eigenvalue weighted by atomic mass is 32.2. The van der Waals surface area contributed by atoms with E-state index in [1.165, 1.54) is 12.1 Å². The van der Waals surface area contributed by atoms with Crippen LogP contribution in [0.3, 0.4) is 0 Å². The van der Waals surface area contributed by atoms with Gasteiger partial charge in [0, 0.05) is 23.8 Å². The molecule has 3 aromatic rings.